The van der Waals surface area contributed by atoms with Crippen molar-refractivity contribution in [2.45, 2.75) is 80.3 Å². The van der Waals surface area contributed by atoms with Gasteiger partial charge in [-0.1, -0.05) is 52.8 Å². The monoisotopic (exact) mass is 512 g/mol. The fourth-order valence-electron chi connectivity index (χ4n) is 3.15. The Kier molecular flexibility index (Phi) is 11.2. The summed E-state index contributed by atoms with van der Waals surface area (Å²) in [5.74, 6) is 0.194. The van der Waals surface area contributed by atoms with Crippen molar-refractivity contribution < 1.29 is 18.7 Å². The Balaban J connectivity index is 0.00000334. The number of aromatic nitrogens is 2. The Hall–Kier alpha value is -3.55. The molecule has 204 valence electrons. The van der Waals surface area contributed by atoms with Crippen molar-refractivity contribution in [3.8, 4) is 0 Å². The van der Waals surface area contributed by atoms with E-state index in [0.717, 1.165) is 0 Å². The van der Waals surface area contributed by atoms with Crippen LogP contribution >= 0.6 is 0 Å². The summed E-state index contributed by atoms with van der Waals surface area (Å²) in [6, 6.07) is 1.70. The molecule has 0 aliphatic carbocycles. The van der Waals surface area contributed by atoms with Crippen LogP contribution in [0.25, 0.3) is 5.70 Å². The van der Waals surface area contributed by atoms with Gasteiger partial charge >= 0.3 is 5.97 Å². The van der Waals surface area contributed by atoms with E-state index in [1.54, 1.807) is 36.3 Å². The maximum atomic E-state index is 13.4. The van der Waals surface area contributed by atoms with Gasteiger partial charge in [0, 0.05) is 25.2 Å². The number of ether oxygens (including phenoxy) is 1. The highest BCUT2D eigenvalue weighted by Crippen LogP contribution is 2.31. The molecule has 8 nitrogen and oxygen atoms in total. The molecule has 2 rings (SSSR count). The summed E-state index contributed by atoms with van der Waals surface area (Å²) in [5, 5.41) is 2.80. The second-order valence-electron chi connectivity index (χ2n) is 10.4. The van der Waals surface area contributed by atoms with E-state index < -0.39 is 17.5 Å². The molecule has 1 amide bonds. The lowest BCUT2D eigenvalue weighted by Crippen LogP contribution is -2.27. The number of esters is 1. The molecular formula is C29H44N4O4. The number of nitrogens with one attached hydrogen (secondary N) is 1. The van der Waals surface area contributed by atoms with Gasteiger partial charge in [0.1, 0.15) is 17.6 Å². The van der Waals surface area contributed by atoms with Crippen LogP contribution in [0.2, 0.25) is 0 Å². The van der Waals surface area contributed by atoms with E-state index in [0.29, 0.717) is 23.0 Å². The second-order valence-corrected chi connectivity index (χ2v) is 10.4. The summed E-state index contributed by atoms with van der Waals surface area (Å²) in [4.78, 5) is 33.0. The first kappa shape index (κ1) is 31.5. The molecule has 0 fully saturated rings. The third kappa shape index (κ3) is 8.51. The van der Waals surface area contributed by atoms with Crippen LogP contribution in [0.4, 0.5) is 11.8 Å². The number of nitrogens with zero attached hydrogens (tertiary/aromatic N) is 3. The van der Waals surface area contributed by atoms with Gasteiger partial charge in [-0.2, -0.15) is 4.98 Å². The molecule has 2 aromatic rings. The minimum Gasteiger partial charge on any atom is -0.468 e. The van der Waals surface area contributed by atoms with Crippen LogP contribution < -0.4 is 10.2 Å². The highest BCUT2D eigenvalue weighted by Gasteiger charge is 2.31. The molecule has 0 aromatic carbocycles. The maximum absolute atomic E-state index is 13.4. The first-order valence-corrected chi connectivity index (χ1v) is 12.6. The lowest BCUT2D eigenvalue weighted by atomic mass is 9.93. The third-order valence-electron chi connectivity index (χ3n) is 4.74. The van der Waals surface area contributed by atoms with Crippen molar-refractivity contribution in [2.24, 2.45) is 0 Å². The average Bonchev–Trinajstić information content (AvgIpc) is 3.42. The zero-order chi connectivity index (χ0) is 28.6. The van der Waals surface area contributed by atoms with Crippen molar-refractivity contribution in [1.82, 2.24) is 9.55 Å². The van der Waals surface area contributed by atoms with Crippen molar-refractivity contribution >= 4 is 29.3 Å². The molecule has 0 radical (unpaired) electrons. The summed E-state index contributed by atoms with van der Waals surface area (Å²) in [5.41, 5.74) is 0.140. The van der Waals surface area contributed by atoms with Gasteiger partial charge in [0.05, 0.1) is 5.56 Å². The third-order valence-corrected chi connectivity index (χ3v) is 4.74. The number of hydrogen-bond acceptors (Lipinski definition) is 6. The Morgan fingerprint density at radius 3 is 2.16 bits per heavy atom. The van der Waals surface area contributed by atoms with Gasteiger partial charge in [0.15, 0.2) is 11.5 Å². The highest BCUT2D eigenvalue weighted by molar-refractivity contribution is 6.07. The van der Waals surface area contributed by atoms with E-state index in [1.165, 1.54) is 6.26 Å². The molecule has 0 unspecified atom stereocenters. The van der Waals surface area contributed by atoms with Gasteiger partial charge in [0.2, 0.25) is 5.95 Å². The number of hydrogen-bond donors (Lipinski definition) is 1. The molecule has 0 saturated carbocycles. The standard InChI is InChI=1S/C27H38N4O4.C2H6/c1-11-13-15-19(14-12-2)31-21(24(33)35-27(6,7)8)22(29-25(31)30(9)10)28-23(32)18-16-20(34-17-18)26(3,4)5;1-2/h11-17H,1-10H3,(H,28,32);1-2H3/b13-11-,14-12-,19-15+;. The molecule has 0 bridgehead atoms. The number of allylic oxidation sites excluding steroid dienone is 6. The van der Waals surface area contributed by atoms with Crippen LogP contribution in [0, 0.1) is 0 Å². The smallest absolute Gasteiger partial charge is 0.359 e. The van der Waals surface area contributed by atoms with E-state index in [1.807, 2.05) is 92.9 Å². The summed E-state index contributed by atoms with van der Waals surface area (Å²) >= 11 is 0. The number of furan rings is 1. The van der Waals surface area contributed by atoms with Crippen LogP contribution in [-0.4, -0.2) is 41.1 Å². The van der Waals surface area contributed by atoms with Crippen LogP contribution in [0.5, 0.6) is 0 Å². The number of carbonyl (C=O) groups excluding carboxylic acids is 2. The van der Waals surface area contributed by atoms with Gasteiger partial charge in [-0.15, -0.1) is 0 Å². The quantitative estimate of drug-likeness (QED) is 0.315. The van der Waals surface area contributed by atoms with Gasteiger partial charge in [-0.3, -0.25) is 9.36 Å². The zero-order valence-corrected chi connectivity index (χ0v) is 24.5. The van der Waals surface area contributed by atoms with E-state index in [2.05, 4.69) is 10.3 Å². The molecule has 0 aliphatic rings. The topological polar surface area (TPSA) is 89.6 Å². The molecular weight excluding hydrogens is 468 g/mol. The molecule has 0 saturated heterocycles. The minimum absolute atomic E-state index is 0.0994. The van der Waals surface area contributed by atoms with Gasteiger partial charge in [-0.05, 0) is 52.8 Å². The predicted molar refractivity (Wildman–Crippen MR) is 152 cm³/mol. The van der Waals surface area contributed by atoms with Crippen molar-refractivity contribution in [3.05, 3.63) is 59.7 Å². The second kappa shape index (κ2) is 13.1. The summed E-state index contributed by atoms with van der Waals surface area (Å²) < 4.78 is 13.0. The normalized spacial score (nSPS) is 12.5. The Labute approximate surface area is 222 Å². The number of rotatable bonds is 7. The molecule has 0 aliphatic heterocycles. The lowest BCUT2D eigenvalue weighted by Gasteiger charge is -2.21. The Morgan fingerprint density at radius 1 is 1.08 bits per heavy atom. The van der Waals surface area contributed by atoms with E-state index in [9.17, 15) is 9.59 Å². The minimum atomic E-state index is -0.744. The molecule has 1 N–H and O–H groups in total. The Bertz CT molecular complexity index is 1150. The van der Waals surface area contributed by atoms with E-state index >= 15 is 0 Å². The van der Waals surface area contributed by atoms with E-state index in [4.69, 9.17) is 9.15 Å². The number of amides is 1. The van der Waals surface area contributed by atoms with Crippen molar-refractivity contribution in [1.29, 1.82) is 0 Å². The first-order chi connectivity index (χ1) is 17.2. The molecule has 8 heteroatoms. The zero-order valence-electron chi connectivity index (χ0n) is 24.5. The van der Waals surface area contributed by atoms with Crippen molar-refractivity contribution in [3.63, 3.8) is 0 Å². The summed E-state index contributed by atoms with van der Waals surface area (Å²) in [7, 11) is 3.63. The van der Waals surface area contributed by atoms with Crippen LogP contribution in [0.15, 0.2) is 47.1 Å². The molecule has 0 spiro atoms. The van der Waals surface area contributed by atoms with Gasteiger partial charge in [-0.25, -0.2) is 4.79 Å². The van der Waals surface area contributed by atoms with Gasteiger partial charge in [0.25, 0.3) is 5.91 Å². The van der Waals surface area contributed by atoms with Crippen LogP contribution in [0.1, 0.15) is 95.8 Å². The average molecular weight is 513 g/mol. The Morgan fingerprint density at radius 2 is 1.70 bits per heavy atom. The number of imidazole rings is 1. The lowest BCUT2D eigenvalue weighted by molar-refractivity contribution is 0.00622. The fraction of sp³-hybridized carbons (Fsp3) is 0.483. The highest BCUT2D eigenvalue weighted by atomic mass is 16.6. The maximum Gasteiger partial charge on any atom is 0.359 e. The number of carbonyl (C=O) groups is 2. The fourth-order valence-corrected chi connectivity index (χ4v) is 3.15. The predicted octanol–water partition coefficient (Wildman–Crippen LogP) is 7.07. The van der Waals surface area contributed by atoms with Crippen LogP contribution in [0.3, 0.4) is 0 Å². The SMILES string of the molecule is CC.C\C=C/C=C(\C=C/C)n1c(N(C)C)nc(NC(=O)c2coc(C(C)(C)C)c2)c1C(=O)OC(C)(C)C. The number of anilines is 2. The molecule has 2 heterocycles. The molecule has 37 heavy (non-hydrogen) atoms. The van der Waals surface area contributed by atoms with Gasteiger partial charge < -0.3 is 19.4 Å². The van der Waals surface area contributed by atoms with E-state index in [-0.39, 0.29) is 16.9 Å². The molecule has 0 atom stereocenters. The first-order valence-electron chi connectivity index (χ1n) is 12.6. The molecule has 2 aromatic heterocycles. The summed E-state index contributed by atoms with van der Waals surface area (Å²) in [6.07, 6.45) is 10.7. The summed E-state index contributed by atoms with van der Waals surface area (Å²) in [6.45, 7) is 19.2. The van der Waals surface area contributed by atoms with Crippen molar-refractivity contribution in [2.75, 3.05) is 24.3 Å². The largest absolute Gasteiger partial charge is 0.468 e. The van der Waals surface area contributed by atoms with Crippen LogP contribution in [-0.2, 0) is 10.2 Å².